The molecule has 1 saturated carbocycles. The quantitative estimate of drug-likeness (QED) is 0.580. The summed E-state index contributed by atoms with van der Waals surface area (Å²) < 4.78 is 0. The van der Waals surface area contributed by atoms with E-state index in [2.05, 4.69) is 46.8 Å². The van der Waals surface area contributed by atoms with Gasteiger partial charge in [-0.05, 0) is 57.8 Å². The van der Waals surface area contributed by atoms with E-state index in [9.17, 15) is 0 Å². The molecule has 5 rings (SSSR count). The number of aromatic nitrogens is 3. The highest BCUT2D eigenvalue weighted by Crippen LogP contribution is 2.40. The van der Waals surface area contributed by atoms with Crippen molar-refractivity contribution in [1.29, 1.82) is 0 Å². The van der Waals surface area contributed by atoms with Gasteiger partial charge in [0, 0.05) is 23.7 Å². The second-order valence-corrected chi connectivity index (χ2v) is 9.55. The largest absolute Gasteiger partial charge is 0.351 e. The molecule has 156 valence electrons. The SMILES string of the molecule is Cc1cccc(-c2nc(C3CCNCC3)sc2-c2ccnc(NC3CCCC3)n2)c1. The smallest absolute Gasteiger partial charge is 0.223 e. The zero-order valence-corrected chi connectivity index (χ0v) is 18.3. The Morgan fingerprint density at radius 3 is 2.67 bits per heavy atom. The zero-order valence-electron chi connectivity index (χ0n) is 17.5. The third-order valence-corrected chi connectivity index (χ3v) is 7.44. The fourth-order valence-electron chi connectivity index (χ4n) is 4.55. The molecule has 1 aliphatic carbocycles. The van der Waals surface area contributed by atoms with Crippen molar-refractivity contribution in [3.05, 3.63) is 47.1 Å². The van der Waals surface area contributed by atoms with Crippen LogP contribution >= 0.6 is 11.3 Å². The molecule has 3 heterocycles. The molecule has 1 saturated heterocycles. The Kier molecular flexibility index (Phi) is 5.77. The van der Waals surface area contributed by atoms with Gasteiger partial charge >= 0.3 is 0 Å². The topological polar surface area (TPSA) is 62.7 Å². The van der Waals surface area contributed by atoms with Crippen molar-refractivity contribution in [2.45, 2.75) is 57.4 Å². The van der Waals surface area contributed by atoms with Crippen LogP contribution in [0.1, 0.15) is 55.0 Å². The van der Waals surface area contributed by atoms with Crippen LogP contribution in [0.5, 0.6) is 0 Å². The molecule has 1 aliphatic heterocycles. The van der Waals surface area contributed by atoms with Crippen molar-refractivity contribution < 1.29 is 0 Å². The van der Waals surface area contributed by atoms with E-state index in [1.54, 1.807) is 0 Å². The second kappa shape index (κ2) is 8.82. The van der Waals surface area contributed by atoms with Crippen LogP contribution in [0, 0.1) is 6.92 Å². The normalized spacial score (nSPS) is 18.0. The number of anilines is 1. The molecule has 0 radical (unpaired) electrons. The first-order valence-electron chi connectivity index (χ1n) is 11.1. The van der Waals surface area contributed by atoms with Gasteiger partial charge in [-0.1, -0.05) is 36.6 Å². The number of hydrogen-bond acceptors (Lipinski definition) is 6. The Morgan fingerprint density at radius 2 is 1.87 bits per heavy atom. The van der Waals surface area contributed by atoms with Crippen LogP contribution < -0.4 is 10.6 Å². The number of piperidine rings is 1. The molecular weight excluding hydrogens is 390 g/mol. The molecule has 0 bridgehead atoms. The first-order chi connectivity index (χ1) is 14.8. The third-order valence-electron chi connectivity index (χ3n) is 6.20. The lowest BCUT2D eigenvalue weighted by molar-refractivity contribution is 0.459. The first kappa shape index (κ1) is 19.6. The van der Waals surface area contributed by atoms with E-state index < -0.39 is 0 Å². The summed E-state index contributed by atoms with van der Waals surface area (Å²) in [5.41, 5.74) is 4.45. The van der Waals surface area contributed by atoms with E-state index in [-0.39, 0.29) is 0 Å². The summed E-state index contributed by atoms with van der Waals surface area (Å²) in [6.07, 6.45) is 9.19. The van der Waals surface area contributed by atoms with Crippen molar-refractivity contribution in [2.75, 3.05) is 18.4 Å². The maximum absolute atomic E-state index is 5.16. The lowest BCUT2D eigenvalue weighted by Crippen LogP contribution is -2.26. The van der Waals surface area contributed by atoms with Crippen LogP contribution in [-0.4, -0.2) is 34.1 Å². The summed E-state index contributed by atoms with van der Waals surface area (Å²) in [6, 6.07) is 11.2. The molecule has 1 aromatic carbocycles. The van der Waals surface area contributed by atoms with Crippen molar-refractivity contribution >= 4 is 17.3 Å². The van der Waals surface area contributed by atoms with Gasteiger partial charge in [-0.3, -0.25) is 0 Å². The molecule has 3 aromatic rings. The molecule has 30 heavy (non-hydrogen) atoms. The highest BCUT2D eigenvalue weighted by molar-refractivity contribution is 7.15. The lowest BCUT2D eigenvalue weighted by Gasteiger charge is -2.20. The number of benzene rings is 1. The highest BCUT2D eigenvalue weighted by atomic mass is 32.1. The Morgan fingerprint density at radius 1 is 1.03 bits per heavy atom. The number of hydrogen-bond donors (Lipinski definition) is 2. The fraction of sp³-hybridized carbons (Fsp3) is 0.458. The van der Waals surface area contributed by atoms with Crippen LogP contribution in [0.25, 0.3) is 21.8 Å². The van der Waals surface area contributed by atoms with Crippen LogP contribution in [0.4, 0.5) is 5.95 Å². The van der Waals surface area contributed by atoms with Gasteiger partial charge < -0.3 is 10.6 Å². The fourth-order valence-corrected chi connectivity index (χ4v) is 5.78. The average Bonchev–Trinajstić information content (AvgIpc) is 3.45. The predicted octanol–water partition coefficient (Wildman–Crippen LogP) is 5.40. The number of rotatable bonds is 5. The van der Waals surface area contributed by atoms with Gasteiger partial charge in [0.25, 0.3) is 0 Å². The number of thiazole rings is 1. The highest BCUT2D eigenvalue weighted by Gasteiger charge is 2.24. The minimum absolute atomic E-state index is 0.503. The van der Waals surface area contributed by atoms with Gasteiger partial charge in [0.15, 0.2) is 0 Å². The molecule has 5 nitrogen and oxygen atoms in total. The van der Waals surface area contributed by atoms with E-state index in [0.717, 1.165) is 48.1 Å². The molecule has 2 N–H and O–H groups in total. The Hall–Kier alpha value is -2.31. The van der Waals surface area contributed by atoms with E-state index >= 15 is 0 Å². The second-order valence-electron chi connectivity index (χ2n) is 8.51. The Labute approximate surface area is 182 Å². The molecule has 2 fully saturated rings. The lowest BCUT2D eigenvalue weighted by atomic mass is 9.99. The monoisotopic (exact) mass is 419 g/mol. The van der Waals surface area contributed by atoms with E-state index in [0.29, 0.717) is 12.0 Å². The first-order valence-corrected chi connectivity index (χ1v) is 12.0. The van der Waals surface area contributed by atoms with Gasteiger partial charge in [0.2, 0.25) is 5.95 Å². The molecule has 0 spiro atoms. The number of nitrogens with one attached hydrogen (secondary N) is 2. The van der Waals surface area contributed by atoms with Gasteiger partial charge in [0.05, 0.1) is 21.3 Å². The van der Waals surface area contributed by atoms with Gasteiger partial charge in [-0.15, -0.1) is 11.3 Å². The third kappa shape index (κ3) is 4.25. The van der Waals surface area contributed by atoms with E-state index in [4.69, 9.17) is 9.97 Å². The van der Waals surface area contributed by atoms with Gasteiger partial charge in [0.1, 0.15) is 0 Å². The standard InChI is InChI=1S/C24H29N5S/c1-16-5-4-6-18(15-16)21-22(30-23(29-21)17-9-12-25-13-10-17)20-11-14-26-24(28-20)27-19-7-2-3-8-19/h4-6,11,14-15,17,19,25H,2-3,7-10,12-13H2,1H3,(H,26,27,28). The molecular formula is C24H29N5S. The maximum atomic E-state index is 5.16. The molecule has 0 amide bonds. The Balaban J connectivity index is 1.53. The van der Waals surface area contributed by atoms with Crippen LogP contribution in [-0.2, 0) is 0 Å². The summed E-state index contributed by atoms with van der Waals surface area (Å²) in [5.74, 6) is 1.28. The average molecular weight is 420 g/mol. The van der Waals surface area contributed by atoms with Crippen molar-refractivity contribution in [1.82, 2.24) is 20.3 Å². The van der Waals surface area contributed by atoms with Crippen LogP contribution in [0.3, 0.4) is 0 Å². The maximum Gasteiger partial charge on any atom is 0.223 e. The minimum atomic E-state index is 0.503. The van der Waals surface area contributed by atoms with E-state index in [1.807, 2.05) is 23.6 Å². The van der Waals surface area contributed by atoms with Gasteiger partial charge in [-0.2, -0.15) is 0 Å². The number of nitrogens with zero attached hydrogens (tertiary/aromatic N) is 3. The summed E-state index contributed by atoms with van der Waals surface area (Å²) in [6.45, 7) is 4.28. The van der Waals surface area contributed by atoms with Crippen molar-refractivity contribution in [2.24, 2.45) is 0 Å². The van der Waals surface area contributed by atoms with Crippen LogP contribution in [0.2, 0.25) is 0 Å². The Bertz CT molecular complexity index is 1000. The summed E-state index contributed by atoms with van der Waals surface area (Å²) in [4.78, 5) is 15.7. The summed E-state index contributed by atoms with van der Waals surface area (Å²) in [7, 11) is 0. The minimum Gasteiger partial charge on any atom is -0.351 e. The van der Waals surface area contributed by atoms with Crippen LogP contribution in [0.15, 0.2) is 36.5 Å². The van der Waals surface area contributed by atoms with Crippen molar-refractivity contribution in [3.63, 3.8) is 0 Å². The summed E-state index contributed by atoms with van der Waals surface area (Å²) >= 11 is 1.81. The predicted molar refractivity (Wildman–Crippen MR) is 124 cm³/mol. The summed E-state index contributed by atoms with van der Waals surface area (Å²) in [5, 5.41) is 8.25. The molecule has 6 heteroatoms. The van der Waals surface area contributed by atoms with Gasteiger partial charge in [-0.25, -0.2) is 15.0 Å². The molecule has 0 unspecified atom stereocenters. The number of aryl methyl sites for hydroxylation is 1. The van der Waals surface area contributed by atoms with E-state index in [1.165, 1.54) is 41.8 Å². The molecule has 2 aromatic heterocycles. The zero-order chi connectivity index (χ0) is 20.3. The molecule has 2 aliphatic rings. The van der Waals surface area contributed by atoms with Crippen molar-refractivity contribution in [3.8, 4) is 21.8 Å². The molecule has 0 atom stereocenters.